The van der Waals surface area contributed by atoms with E-state index in [1.165, 1.54) is 13.0 Å². The number of carbonyl (C=O) groups is 2. The van der Waals surface area contributed by atoms with Gasteiger partial charge in [-0.3, -0.25) is 9.59 Å². The van der Waals surface area contributed by atoms with Gasteiger partial charge in [0.05, 0.1) is 10.9 Å². The number of amides is 1. The molecule has 0 aliphatic heterocycles. The third kappa shape index (κ3) is 5.36. The number of carboxylic acid groups (broad SMARTS) is 1. The molecule has 1 amide bonds. The summed E-state index contributed by atoms with van der Waals surface area (Å²) in [5, 5.41) is 11.9. The molecular weight excluding hydrogens is 293 g/mol. The van der Waals surface area contributed by atoms with Gasteiger partial charge >= 0.3 is 5.97 Å². The largest absolute Gasteiger partial charge is 0.482 e. The maximum Gasteiger partial charge on any atom is 0.308 e. The number of hydrogen-bond donors (Lipinski definition) is 2. The molecule has 0 saturated carbocycles. The molecule has 1 aromatic rings. The van der Waals surface area contributed by atoms with E-state index >= 15 is 0 Å². The zero-order valence-electron chi connectivity index (χ0n) is 10.2. The number of aliphatic carboxylic acids is 1. The molecule has 5 nitrogen and oxygen atoms in total. The Morgan fingerprint density at radius 2 is 2.11 bits per heavy atom. The molecule has 0 fully saturated rings. The van der Waals surface area contributed by atoms with Crippen LogP contribution in [0.25, 0.3) is 0 Å². The number of benzene rings is 1. The van der Waals surface area contributed by atoms with E-state index in [-0.39, 0.29) is 13.2 Å². The van der Waals surface area contributed by atoms with Crippen LogP contribution in [-0.4, -0.2) is 30.1 Å². The van der Waals surface area contributed by atoms with Crippen molar-refractivity contribution < 1.29 is 19.4 Å². The molecule has 1 atom stereocenters. The summed E-state index contributed by atoms with van der Waals surface area (Å²) < 4.78 is 5.20. The molecule has 2 N–H and O–H groups in total. The average molecular weight is 306 g/mol. The maximum atomic E-state index is 11.4. The van der Waals surface area contributed by atoms with Crippen LogP contribution in [0.2, 0.25) is 10.0 Å². The number of carbonyl (C=O) groups excluding carboxylic acids is 1. The first-order chi connectivity index (χ1) is 8.90. The quantitative estimate of drug-likeness (QED) is 0.845. The highest BCUT2D eigenvalue weighted by molar-refractivity contribution is 6.34. The van der Waals surface area contributed by atoms with E-state index in [9.17, 15) is 9.59 Å². The van der Waals surface area contributed by atoms with Crippen molar-refractivity contribution >= 4 is 35.1 Å². The molecule has 1 rings (SSSR count). The van der Waals surface area contributed by atoms with Crippen molar-refractivity contribution in [2.75, 3.05) is 13.2 Å². The fraction of sp³-hybridized carbons (Fsp3) is 0.333. The van der Waals surface area contributed by atoms with Gasteiger partial charge in [0, 0.05) is 17.6 Å². The van der Waals surface area contributed by atoms with Crippen molar-refractivity contribution in [2.45, 2.75) is 6.92 Å². The molecule has 0 aliphatic rings. The number of carboxylic acids is 1. The number of nitrogens with one attached hydrogen (secondary N) is 1. The summed E-state index contributed by atoms with van der Waals surface area (Å²) in [7, 11) is 0. The second-order valence-corrected chi connectivity index (χ2v) is 4.75. The summed E-state index contributed by atoms with van der Waals surface area (Å²) in [4.78, 5) is 22.0. The third-order valence-electron chi connectivity index (χ3n) is 2.28. The van der Waals surface area contributed by atoms with Gasteiger partial charge in [0.2, 0.25) is 0 Å². The molecule has 0 bridgehead atoms. The average Bonchev–Trinajstić information content (AvgIpc) is 2.36. The molecule has 0 aliphatic carbocycles. The monoisotopic (exact) mass is 305 g/mol. The van der Waals surface area contributed by atoms with Crippen LogP contribution in [-0.2, 0) is 9.59 Å². The Kier molecular flexibility index (Phi) is 5.92. The van der Waals surface area contributed by atoms with E-state index in [1.54, 1.807) is 12.1 Å². The lowest BCUT2D eigenvalue weighted by Gasteiger charge is -2.10. The number of ether oxygens (including phenoxy) is 1. The molecule has 7 heteroatoms. The van der Waals surface area contributed by atoms with E-state index in [4.69, 9.17) is 33.0 Å². The lowest BCUT2D eigenvalue weighted by molar-refractivity contribution is -0.141. The summed E-state index contributed by atoms with van der Waals surface area (Å²) >= 11 is 11.6. The fourth-order valence-corrected chi connectivity index (χ4v) is 1.47. The van der Waals surface area contributed by atoms with Crippen LogP contribution >= 0.6 is 23.2 Å². The van der Waals surface area contributed by atoms with Crippen LogP contribution in [0.1, 0.15) is 6.92 Å². The number of hydrogen-bond acceptors (Lipinski definition) is 3. The highest BCUT2D eigenvalue weighted by Gasteiger charge is 2.12. The highest BCUT2D eigenvalue weighted by atomic mass is 35.5. The molecular formula is C12H13Cl2NO4. The van der Waals surface area contributed by atoms with Gasteiger partial charge in [-0.05, 0) is 12.1 Å². The Morgan fingerprint density at radius 3 is 2.74 bits per heavy atom. The summed E-state index contributed by atoms with van der Waals surface area (Å²) in [6, 6.07) is 4.66. The van der Waals surface area contributed by atoms with Crippen LogP contribution in [0.4, 0.5) is 0 Å². The topological polar surface area (TPSA) is 75.6 Å². The molecule has 0 heterocycles. The first-order valence-corrected chi connectivity index (χ1v) is 6.23. The Morgan fingerprint density at radius 1 is 1.42 bits per heavy atom. The molecule has 19 heavy (non-hydrogen) atoms. The van der Waals surface area contributed by atoms with Crippen LogP contribution in [0.3, 0.4) is 0 Å². The molecule has 0 radical (unpaired) electrons. The van der Waals surface area contributed by atoms with Crippen LogP contribution in [0.15, 0.2) is 18.2 Å². The van der Waals surface area contributed by atoms with Crippen molar-refractivity contribution in [3.63, 3.8) is 0 Å². The zero-order chi connectivity index (χ0) is 14.4. The van der Waals surface area contributed by atoms with Gasteiger partial charge in [-0.15, -0.1) is 0 Å². The lowest BCUT2D eigenvalue weighted by atomic mass is 10.2. The second-order valence-electron chi connectivity index (χ2n) is 3.91. The van der Waals surface area contributed by atoms with E-state index in [0.717, 1.165) is 0 Å². The van der Waals surface area contributed by atoms with Gasteiger partial charge in [-0.1, -0.05) is 30.1 Å². The second kappa shape index (κ2) is 7.21. The van der Waals surface area contributed by atoms with Gasteiger partial charge in [0.15, 0.2) is 6.61 Å². The smallest absolute Gasteiger partial charge is 0.308 e. The number of rotatable bonds is 6. The molecule has 1 aromatic carbocycles. The van der Waals surface area contributed by atoms with Gasteiger partial charge in [-0.25, -0.2) is 0 Å². The van der Waals surface area contributed by atoms with E-state index in [0.29, 0.717) is 15.8 Å². The van der Waals surface area contributed by atoms with E-state index in [2.05, 4.69) is 5.32 Å². The van der Waals surface area contributed by atoms with E-state index in [1.807, 2.05) is 0 Å². The Labute approximate surface area is 120 Å². The van der Waals surface area contributed by atoms with Gasteiger partial charge in [0.1, 0.15) is 5.75 Å². The number of halogens is 2. The standard InChI is InChI=1S/C12H13Cl2NO4/c1-7(12(17)18)5-15-11(16)6-19-10-4-8(13)2-3-9(10)14/h2-4,7H,5-6H2,1H3,(H,15,16)(H,17,18). The van der Waals surface area contributed by atoms with Crippen molar-refractivity contribution in [1.82, 2.24) is 5.32 Å². The SMILES string of the molecule is CC(CNC(=O)COc1cc(Cl)ccc1Cl)C(=O)O. The van der Waals surface area contributed by atoms with Gasteiger partial charge in [0.25, 0.3) is 5.91 Å². The molecule has 0 aromatic heterocycles. The van der Waals surface area contributed by atoms with Crippen LogP contribution in [0, 0.1) is 5.92 Å². The minimum atomic E-state index is -0.973. The minimum absolute atomic E-state index is 0.0425. The minimum Gasteiger partial charge on any atom is -0.482 e. The van der Waals surface area contributed by atoms with Crippen molar-refractivity contribution in [1.29, 1.82) is 0 Å². The fourth-order valence-electron chi connectivity index (χ4n) is 1.14. The third-order valence-corrected chi connectivity index (χ3v) is 2.83. The normalized spacial score (nSPS) is 11.7. The van der Waals surface area contributed by atoms with E-state index < -0.39 is 17.8 Å². The van der Waals surface area contributed by atoms with Crippen molar-refractivity contribution in [3.8, 4) is 5.75 Å². The van der Waals surface area contributed by atoms with Gasteiger partial charge < -0.3 is 15.2 Å². The Hall–Kier alpha value is -1.46. The predicted octanol–water partition coefficient (Wildman–Crippen LogP) is 2.21. The zero-order valence-corrected chi connectivity index (χ0v) is 11.7. The first kappa shape index (κ1) is 15.6. The van der Waals surface area contributed by atoms with Crippen molar-refractivity contribution in [3.05, 3.63) is 28.2 Å². The van der Waals surface area contributed by atoms with Crippen LogP contribution in [0.5, 0.6) is 5.75 Å². The molecule has 0 spiro atoms. The van der Waals surface area contributed by atoms with Gasteiger partial charge in [-0.2, -0.15) is 0 Å². The Bertz CT molecular complexity index is 479. The van der Waals surface area contributed by atoms with Crippen molar-refractivity contribution in [2.24, 2.45) is 5.92 Å². The predicted molar refractivity (Wildman–Crippen MR) is 71.8 cm³/mol. The summed E-state index contributed by atoms with van der Waals surface area (Å²) in [6.07, 6.45) is 0. The lowest BCUT2D eigenvalue weighted by Crippen LogP contribution is -2.34. The summed E-state index contributed by atoms with van der Waals surface area (Å²) in [6.45, 7) is 1.28. The Balaban J connectivity index is 2.42. The molecule has 0 saturated heterocycles. The summed E-state index contributed by atoms with van der Waals surface area (Å²) in [5.74, 6) is -1.75. The molecule has 1 unspecified atom stereocenters. The first-order valence-electron chi connectivity index (χ1n) is 5.47. The highest BCUT2D eigenvalue weighted by Crippen LogP contribution is 2.27. The molecule has 104 valence electrons. The summed E-state index contributed by atoms with van der Waals surface area (Å²) in [5.41, 5.74) is 0. The van der Waals surface area contributed by atoms with Crippen LogP contribution < -0.4 is 10.1 Å². The maximum absolute atomic E-state index is 11.4.